The lowest BCUT2D eigenvalue weighted by Crippen LogP contribution is -2.47. The van der Waals surface area contributed by atoms with Crippen molar-refractivity contribution in [1.82, 2.24) is 0 Å². The van der Waals surface area contributed by atoms with Crippen LogP contribution in [0.1, 0.15) is 74.0 Å². The zero-order chi connectivity index (χ0) is 22.3. The van der Waals surface area contributed by atoms with E-state index in [4.69, 9.17) is 16.3 Å². The van der Waals surface area contributed by atoms with Crippen molar-refractivity contribution in [2.45, 2.75) is 69.8 Å². The largest absolute Gasteiger partial charge is 0.508 e. The minimum absolute atomic E-state index is 0.0169. The number of phenolic OH excluding ortho intramolecular Hbond substituents is 1. The second-order valence-corrected chi connectivity index (χ2v) is 10.8. The third-order valence-corrected chi connectivity index (χ3v) is 9.04. The Bertz CT molecular complexity index is 942. The van der Waals surface area contributed by atoms with Gasteiger partial charge in [-0.3, -0.25) is 0 Å². The lowest BCUT2D eigenvalue weighted by Gasteiger charge is -2.54. The first kappa shape index (κ1) is 22.1. The van der Waals surface area contributed by atoms with E-state index in [2.05, 4.69) is 37.3 Å². The van der Waals surface area contributed by atoms with Crippen molar-refractivity contribution in [3.63, 3.8) is 0 Å². The standard InChI is InChI=1S/C28H35ClO3/c1-28-17-24(18-4-8-21(9-5-18)32-15-3-2-14-29)27-22-11-7-20(30)16-19(22)6-10-23(27)25(28)12-13-26(28)31/h4-5,7-9,11,16,23-27,30-31H,2-3,6,10,12-15,17H2,1H3/t23-,24+,25-,26-,27+,28-/m0/s1. The van der Waals surface area contributed by atoms with Crippen molar-refractivity contribution in [3.8, 4) is 11.5 Å². The Kier molecular flexibility index (Phi) is 6.15. The summed E-state index contributed by atoms with van der Waals surface area (Å²) in [6.07, 6.45) is 6.98. The molecule has 2 aromatic carbocycles. The van der Waals surface area contributed by atoms with Gasteiger partial charge in [-0.2, -0.15) is 0 Å². The minimum atomic E-state index is -0.207. The number of benzene rings is 2. The van der Waals surface area contributed by atoms with E-state index in [1.807, 2.05) is 12.1 Å². The molecule has 3 aliphatic carbocycles. The first-order valence-electron chi connectivity index (χ1n) is 12.3. The van der Waals surface area contributed by atoms with Crippen LogP contribution in [0.25, 0.3) is 0 Å². The fraction of sp³-hybridized carbons (Fsp3) is 0.571. The molecule has 4 heteroatoms. The van der Waals surface area contributed by atoms with Gasteiger partial charge in [-0.25, -0.2) is 0 Å². The van der Waals surface area contributed by atoms with Gasteiger partial charge in [-0.05, 0) is 115 Å². The highest BCUT2D eigenvalue weighted by Gasteiger charge is 2.57. The van der Waals surface area contributed by atoms with Crippen molar-refractivity contribution >= 4 is 11.6 Å². The smallest absolute Gasteiger partial charge is 0.119 e. The van der Waals surface area contributed by atoms with E-state index in [1.54, 1.807) is 0 Å². The number of hydrogen-bond donors (Lipinski definition) is 2. The molecule has 172 valence electrons. The predicted molar refractivity (Wildman–Crippen MR) is 129 cm³/mol. The van der Waals surface area contributed by atoms with E-state index < -0.39 is 0 Å². The molecule has 2 N–H and O–H groups in total. The SMILES string of the molecule is C[C@]12C[C@H](c3ccc(OCCCCCl)cc3)[C@@H]3c4ccc(O)cc4CC[C@H]3[C@@H]1CC[C@@H]2O. The average molecular weight is 455 g/mol. The van der Waals surface area contributed by atoms with Gasteiger partial charge in [0, 0.05) is 5.88 Å². The predicted octanol–water partition coefficient (Wildman–Crippen LogP) is 6.40. The Labute approximate surface area is 196 Å². The minimum Gasteiger partial charge on any atom is -0.508 e. The number of fused-ring (bicyclic) bond motifs is 5. The molecule has 0 spiro atoms. The number of aliphatic hydroxyl groups is 1. The Hall–Kier alpha value is -1.71. The van der Waals surface area contributed by atoms with Crippen molar-refractivity contribution in [3.05, 3.63) is 59.2 Å². The van der Waals surface area contributed by atoms with Crippen molar-refractivity contribution in [1.29, 1.82) is 0 Å². The normalized spacial score (nSPS) is 33.3. The maximum Gasteiger partial charge on any atom is 0.119 e. The Balaban J connectivity index is 1.47. The van der Waals surface area contributed by atoms with Crippen LogP contribution in [0.5, 0.6) is 11.5 Å². The molecule has 3 aliphatic rings. The van der Waals surface area contributed by atoms with E-state index in [0.29, 0.717) is 41.9 Å². The maximum atomic E-state index is 11.0. The third-order valence-electron chi connectivity index (χ3n) is 8.77. The van der Waals surface area contributed by atoms with Crippen LogP contribution in [-0.2, 0) is 6.42 Å². The zero-order valence-electron chi connectivity index (χ0n) is 19.0. The summed E-state index contributed by atoms with van der Waals surface area (Å²) in [5, 5.41) is 21.1. The second-order valence-electron chi connectivity index (χ2n) is 10.4. The van der Waals surface area contributed by atoms with E-state index in [9.17, 15) is 10.2 Å². The number of phenols is 1. The molecule has 2 fully saturated rings. The third kappa shape index (κ3) is 3.82. The molecule has 0 heterocycles. The maximum absolute atomic E-state index is 11.0. The highest BCUT2D eigenvalue weighted by atomic mass is 35.5. The van der Waals surface area contributed by atoms with Crippen molar-refractivity contribution in [2.24, 2.45) is 17.3 Å². The summed E-state index contributed by atoms with van der Waals surface area (Å²) < 4.78 is 5.91. The molecule has 0 aliphatic heterocycles. The van der Waals surface area contributed by atoms with Crippen molar-refractivity contribution in [2.75, 3.05) is 12.5 Å². The van der Waals surface area contributed by atoms with Crippen LogP contribution >= 0.6 is 11.6 Å². The molecular weight excluding hydrogens is 420 g/mol. The van der Waals surface area contributed by atoms with Crippen LogP contribution in [0, 0.1) is 17.3 Å². The summed E-state index contributed by atoms with van der Waals surface area (Å²) in [4.78, 5) is 0. The topological polar surface area (TPSA) is 49.7 Å². The summed E-state index contributed by atoms with van der Waals surface area (Å²) >= 11 is 5.76. The van der Waals surface area contributed by atoms with Gasteiger partial charge >= 0.3 is 0 Å². The van der Waals surface area contributed by atoms with Gasteiger partial charge in [0.05, 0.1) is 12.7 Å². The van der Waals surface area contributed by atoms with Crippen molar-refractivity contribution < 1.29 is 14.9 Å². The zero-order valence-corrected chi connectivity index (χ0v) is 19.7. The monoisotopic (exact) mass is 454 g/mol. The van der Waals surface area contributed by atoms with Crippen LogP contribution in [0.3, 0.4) is 0 Å². The molecule has 0 aromatic heterocycles. The summed E-state index contributed by atoms with van der Waals surface area (Å²) in [5.74, 6) is 3.92. The van der Waals surface area contributed by atoms with Gasteiger partial charge in [0.15, 0.2) is 0 Å². The van der Waals surface area contributed by atoms with E-state index in [-0.39, 0.29) is 11.5 Å². The molecule has 0 saturated heterocycles. The number of ether oxygens (including phenoxy) is 1. The number of unbranched alkanes of at least 4 members (excludes halogenated alkanes) is 1. The molecule has 0 amide bonds. The van der Waals surface area contributed by atoms with Gasteiger partial charge in [-0.1, -0.05) is 25.1 Å². The number of rotatable bonds is 6. The molecule has 32 heavy (non-hydrogen) atoms. The van der Waals surface area contributed by atoms with Gasteiger partial charge in [0.2, 0.25) is 0 Å². The molecule has 2 saturated carbocycles. The Morgan fingerprint density at radius 1 is 1.06 bits per heavy atom. The number of halogens is 1. The Morgan fingerprint density at radius 2 is 1.88 bits per heavy atom. The van der Waals surface area contributed by atoms with Gasteiger partial charge < -0.3 is 14.9 Å². The molecule has 0 unspecified atom stereocenters. The van der Waals surface area contributed by atoms with Gasteiger partial charge in [0.1, 0.15) is 11.5 Å². The quantitative estimate of drug-likeness (QED) is 0.392. The molecule has 3 nitrogen and oxygen atoms in total. The number of aliphatic hydroxyl groups excluding tert-OH is 1. The van der Waals surface area contributed by atoms with Crippen LogP contribution in [0.15, 0.2) is 42.5 Å². The molecule has 6 atom stereocenters. The second kappa shape index (κ2) is 8.91. The fourth-order valence-corrected chi connectivity index (χ4v) is 7.38. The number of hydrogen-bond acceptors (Lipinski definition) is 3. The fourth-order valence-electron chi connectivity index (χ4n) is 7.19. The highest BCUT2D eigenvalue weighted by molar-refractivity contribution is 6.17. The molecule has 5 rings (SSSR count). The molecule has 0 bridgehead atoms. The first-order chi connectivity index (χ1) is 15.5. The lowest BCUT2D eigenvalue weighted by atomic mass is 9.51. The number of aromatic hydroxyl groups is 1. The number of aryl methyl sites for hydroxylation is 1. The number of alkyl halides is 1. The lowest BCUT2D eigenvalue weighted by molar-refractivity contribution is -0.0323. The van der Waals surface area contributed by atoms with Crippen LogP contribution in [0.4, 0.5) is 0 Å². The molecule has 0 radical (unpaired) electrons. The summed E-state index contributed by atoms with van der Waals surface area (Å²) in [5.41, 5.74) is 4.04. The molecular formula is C28H35ClO3. The summed E-state index contributed by atoms with van der Waals surface area (Å²) in [6, 6.07) is 14.7. The van der Waals surface area contributed by atoms with Gasteiger partial charge in [-0.15, -0.1) is 11.6 Å². The van der Waals surface area contributed by atoms with E-state index in [1.165, 1.54) is 16.7 Å². The van der Waals surface area contributed by atoms with Crippen LogP contribution < -0.4 is 4.74 Å². The summed E-state index contributed by atoms with van der Waals surface area (Å²) in [7, 11) is 0. The van der Waals surface area contributed by atoms with E-state index >= 15 is 0 Å². The van der Waals surface area contributed by atoms with Crippen LogP contribution in [0.2, 0.25) is 0 Å². The molecule has 2 aromatic rings. The average Bonchev–Trinajstić information content (AvgIpc) is 3.10. The van der Waals surface area contributed by atoms with E-state index in [0.717, 1.165) is 50.7 Å². The Morgan fingerprint density at radius 3 is 2.66 bits per heavy atom. The highest BCUT2D eigenvalue weighted by Crippen LogP contribution is 2.65. The van der Waals surface area contributed by atoms with Gasteiger partial charge in [0.25, 0.3) is 0 Å². The van der Waals surface area contributed by atoms with Crippen LogP contribution in [-0.4, -0.2) is 28.8 Å². The summed E-state index contributed by atoms with van der Waals surface area (Å²) in [6.45, 7) is 3.03. The first-order valence-corrected chi connectivity index (χ1v) is 12.8.